The smallest absolute Gasteiger partial charge is 0.0808 e. The summed E-state index contributed by atoms with van der Waals surface area (Å²) < 4.78 is 5.72. The van der Waals surface area contributed by atoms with Crippen LogP contribution in [0.3, 0.4) is 0 Å². The molecule has 1 aromatic carbocycles. The lowest BCUT2D eigenvalue weighted by atomic mass is 10.1. The van der Waals surface area contributed by atoms with E-state index in [0.717, 1.165) is 19.4 Å². The van der Waals surface area contributed by atoms with Gasteiger partial charge in [-0.05, 0) is 17.5 Å². The van der Waals surface area contributed by atoms with Crippen molar-refractivity contribution < 1.29 is 4.74 Å². The second-order valence-corrected chi connectivity index (χ2v) is 3.84. The summed E-state index contributed by atoms with van der Waals surface area (Å²) in [4.78, 5) is 0. The van der Waals surface area contributed by atoms with Crippen molar-refractivity contribution in [1.82, 2.24) is 0 Å². The predicted octanol–water partition coefficient (Wildman–Crippen LogP) is 2.04. The number of hydrogen-bond donors (Lipinski definition) is 1. The molecule has 0 saturated carbocycles. The molecule has 76 valence electrons. The molecule has 0 heterocycles. The standard InChI is InChI=1S/C12H17NO/c1-2-7-14-11-8-9-5-3-4-6-10(9)12(11)13/h3-6,11-12H,2,7-8,13H2,1H3. The number of rotatable bonds is 3. The van der Waals surface area contributed by atoms with Crippen molar-refractivity contribution in [2.75, 3.05) is 6.61 Å². The average molecular weight is 191 g/mol. The minimum Gasteiger partial charge on any atom is -0.376 e. The van der Waals surface area contributed by atoms with Gasteiger partial charge in [0.2, 0.25) is 0 Å². The molecule has 2 nitrogen and oxygen atoms in total. The zero-order valence-corrected chi connectivity index (χ0v) is 8.57. The van der Waals surface area contributed by atoms with Crippen LogP contribution in [0.5, 0.6) is 0 Å². The van der Waals surface area contributed by atoms with E-state index in [-0.39, 0.29) is 12.1 Å². The van der Waals surface area contributed by atoms with Gasteiger partial charge in [-0.25, -0.2) is 0 Å². The highest BCUT2D eigenvalue weighted by atomic mass is 16.5. The number of ether oxygens (including phenoxy) is 1. The molecular weight excluding hydrogens is 174 g/mol. The van der Waals surface area contributed by atoms with Crippen molar-refractivity contribution in [3.05, 3.63) is 35.4 Å². The summed E-state index contributed by atoms with van der Waals surface area (Å²) in [6.45, 7) is 2.93. The molecule has 2 N–H and O–H groups in total. The fourth-order valence-electron chi connectivity index (χ4n) is 2.02. The fourth-order valence-corrected chi connectivity index (χ4v) is 2.02. The Bertz CT molecular complexity index is 311. The summed E-state index contributed by atoms with van der Waals surface area (Å²) in [5.41, 5.74) is 8.71. The molecule has 14 heavy (non-hydrogen) atoms. The molecule has 0 radical (unpaired) electrons. The van der Waals surface area contributed by atoms with Crippen LogP contribution in [-0.4, -0.2) is 12.7 Å². The van der Waals surface area contributed by atoms with Gasteiger partial charge in [0, 0.05) is 13.0 Å². The SMILES string of the molecule is CCCOC1Cc2ccccc2C1N. The van der Waals surface area contributed by atoms with Gasteiger partial charge < -0.3 is 10.5 Å². The lowest BCUT2D eigenvalue weighted by molar-refractivity contribution is 0.0441. The monoisotopic (exact) mass is 191 g/mol. The van der Waals surface area contributed by atoms with Gasteiger partial charge in [0.15, 0.2) is 0 Å². The Kier molecular flexibility index (Phi) is 2.85. The quantitative estimate of drug-likeness (QED) is 0.793. The van der Waals surface area contributed by atoms with Crippen LogP contribution in [0.1, 0.15) is 30.5 Å². The first kappa shape index (κ1) is 9.69. The minimum atomic E-state index is 0.0674. The molecular formula is C12H17NO. The predicted molar refractivity (Wildman–Crippen MR) is 57.1 cm³/mol. The van der Waals surface area contributed by atoms with Gasteiger partial charge in [0.25, 0.3) is 0 Å². The molecule has 0 aromatic heterocycles. The van der Waals surface area contributed by atoms with Gasteiger partial charge >= 0.3 is 0 Å². The number of hydrogen-bond acceptors (Lipinski definition) is 2. The molecule has 1 aliphatic carbocycles. The van der Waals surface area contributed by atoms with E-state index >= 15 is 0 Å². The molecule has 0 amide bonds. The third-order valence-electron chi connectivity index (χ3n) is 2.77. The Balaban J connectivity index is 2.09. The van der Waals surface area contributed by atoms with E-state index in [1.807, 2.05) is 6.07 Å². The summed E-state index contributed by atoms with van der Waals surface area (Å²) in [6, 6.07) is 8.42. The van der Waals surface area contributed by atoms with E-state index in [1.165, 1.54) is 11.1 Å². The van der Waals surface area contributed by atoms with Crippen molar-refractivity contribution in [2.24, 2.45) is 5.73 Å². The van der Waals surface area contributed by atoms with E-state index < -0.39 is 0 Å². The second-order valence-electron chi connectivity index (χ2n) is 3.84. The summed E-state index contributed by atoms with van der Waals surface area (Å²) in [7, 11) is 0. The molecule has 1 aromatic rings. The van der Waals surface area contributed by atoms with E-state index in [0.29, 0.717) is 0 Å². The van der Waals surface area contributed by atoms with Crippen LogP contribution in [0.15, 0.2) is 24.3 Å². The van der Waals surface area contributed by atoms with Crippen LogP contribution in [0.4, 0.5) is 0 Å². The van der Waals surface area contributed by atoms with Gasteiger partial charge in [0.05, 0.1) is 12.1 Å². The maximum atomic E-state index is 6.11. The first-order chi connectivity index (χ1) is 6.83. The van der Waals surface area contributed by atoms with Gasteiger partial charge in [-0.2, -0.15) is 0 Å². The third kappa shape index (κ3) is 1.68. The molecule has 2 atom stereocenters. The maximum absolute atomic E-state index is 6.11. The van der Waals surface area contributed by atoms with Crippen LogP contribution in [-0.2, 0) is 11.2 Å². The molecule has 2 rings (SSSR count). The molecule has 0 bridgehead atoms. The molecule has 2 unspecified atom stereocenters. The zero-order chi connectivity index (χ0) is 9.97. The van der Waals surface area contributed by atoms with Crippen LogP contribution in [0, 0.1) is 0 Å². The Morgan fingerprint density at radius 3 is 2.93 bits per heavy atom. The Hall–Kier alpha value is -0.860. The number of fused-ring (bicyclic) bond motifs is 1. The topological polar surface area (TPSA) is 35.2 Å². The van der Waals surface area contributed by atoms with E-state index in [1.54, 1.807) is 0 Å². The van der Waals surface area contributed by atoms with Gasteiger partial charge in [-0.15, -0.1) is 0 Å². The molecule has 0 spiro atoms. The highest BCUT2D eigenvalue weighted by Crippen LogP contribution is 2.31. The number of nitrogens with two attached hydrogens (primary N) is 1. The van der Waals surface area contributed by atoms with Crippen molar-refractivity contribution in [3.63, 3.8) is 0 Å². The van der Waals surface area contributed by atoms with Gasteiger partial charge in [-0.1, -0.05) is 31.2 Å². The summed E-state index contributed by atoms with van der Waals surface area (Å²) >= 11 is 0. The molecule has 1 aliphatic rings. The lowest BCUT2D eigenvalue weighted by Crippen LogP contribution is -2.25. The largest absolute Gasteiger partial charge is 0.376 e. The van der Waals surface area contributed by atoms with E-state index in [4.69, 9.17) is 10.5 Å². The first-order valence-electron chi connectivity index (χ1n) is 5.28. The van der Waals surface area contributed by atoms with Crippen molar-refractivity contribution in [1.29, 1.82) is 0 Å². The maximum Gasteiger partial charge on any atom is 0.0808 e. The molecule has 0 saturated heterocycles. The summed E-state index contributed by atoms with van der Waals surface area (Å²) in [6.07, 6.45) is 2.21. The Morgan fingerprint density at radius 1 is 1.43 bits per heavy atom. The normalized spacial score (nSPS) is 25.0. The van der Waals surface area contributed by atoms with Crippen molar-refractivity contribution in [3.8, 4) is 0 Å². The minimum absolute atomic E-state index is 0.0674. The van der Waals surface area contributed by atoms with Crippen molar-refractivity contribution in [2.45, 2.75) is 31.9 Å². The van der Waals surface area contributed by atoms with Gasteiger partial charge in [0.1, 0.15) is 0 Å². The van der Waals surface area contributed by atoms with Crippen LogP contribution >= 0.6 is 0 Å². The fraction of sp³-hybridized carbons (Fsp3) is 0.500. The second kappa shape index (κ2) is 4.11. The van der Waals surface area contributed by atoms with E-state index in [2.05, 4.69) is 25.1 Å². The molecule has 0 aliphatic heterocycles. The summed E-state index contributed by atoms with van der Waals surface area (Å²) in [5.74, 6) is 0. The summed E-state index contributed by atoms with van der Waals surface area (Å²) in [5, 5.41) is 0. The van der Waals surface area contributed by atoms with E-state index in [9.17, 15) is 0 Å². The highest BCUT2D eigenvalue weighted by Gasteiger charge is 2.29. The Morgan fingerprint density at radius 2 is 2.21 bits per heavy atom. The highest BCUT2D eigenvalue weighted by molar-refractivity contribution is 5.36. The molecule has 2 heteroatoms. The van der Waals surface area contributed by atoms with Crippen LogP contribution < -0.4 is 5.73 Å². The van der Waals surface area contributed by atoms with Crippen LogP contribution in [0.2, 0.25) is 0 Å². The Labute approximate surface area is 85.1 Å². The zero-order valence-electron chi connectivity index (χ0n) is 8.57. The number of benzene rings is 1. The van der Waals surface area contributed by atoms with Gasteiger partial charge in [-0.3, -0.25) is 0 Å². The van der Waals surface area contributed by atoms with Crippen molar-refractivity contribution >= 4 is 0 Å². The average Bonchev–Trinajstić information content (AvgIpc) is 2.54. The first-order valence-corrected chi connectivity index (χ1v) is 5.28. The van der Waals surface area contributed by atoms with Crippen LogP contribution in [0.25, 0.3) is 0 Å². The molecule has 0 fully saturated rings. The third-order valence-corrected chi connectivity index (χ3v) is 2.77. The lowest BCUT2D eigenvalue weighted by Gasteiger charge is -2.16.